The maximum absolute atomic E-state index is 6.19. The molecule has 0 aliphatic heterocycles. The largest absolute Gasteiger partial charge is 0.378 e. The number of halogens is 2. The summed E-state index contributed by atoms with van der Waals surface area (Å²) >= 11 is 8.42. The van der Waals surface area contributed by atoms with Crippen molar-refractivity contribution in [3.63, 3.8) is 0 Å². The van der Waals surface area contributed by atoms with Gasteiger partial charge in [0, 0.05) is 19.9 Å². The fraction of sp³-hybridized carbons (Fsp3) is 0.357. The van der Waals surface area contributed by atoms with Gasteiger partial charge in [-0.25, -0.2) is 9.97 Å². The molecule has 5 nitrogen and oxygen atoms in total. The van der Waals surface area contributed by atoms with Crippen molar-refractivity contribution in [3.8, 4) is 11.5 Å². The number of nitrogens with one attached hydrogen (secondary N) is 1. The lowest BCUT2D eigenvalue weighted by atomic mass is 10.3. The van der Waals surface area contributed by atoms with Crippen molar-refractivity contribution in [2.24, 2.45) is 0 Å². The maximum atomic E-state index is 6.19. The first-order valence-electron chi connectivity index (χ1n) is 6.57. The Morgan fingerprint density at radius 1 is 1.38 bits per heavy atom. The molecule has 0 aliphatic carbocycles. The zero-order valence-corrected chi connectivity index (χ0v) is 14.8. The van der Waals surface area contributed by atoms with E-state index in [1.807, 2.05) is 0 Å². The molecule has 0 unspecified atom stereocenters. The molecule has 2 aromatic heterocycles. The van der Waals surface area contributed by atoms with Crippen LogP contribution in [0, 0.1) is 3.57 Å². The number of nitrogens with zero attached hydrogens (tertiary/aromatic N) is 3. The summed E-state index contributed by atoms with van der Waals surface area (Å²) in [5, 5.41) is 3.84. The minimum Gasteiger partial charge on any atom is -0.378 e. The van der Waals surface area contributed by atoms with Crippen LogP contribution in [0.25, 0.3) is 11.5 Å². The first-order chi connectivity index (χ1) is 10.2. The van der Waals surface area contributed by atoms with Gasteiger partial charge in [-0.05, 0) is 41.1 Å². The van der Waals surface area contributed by atoms with Crippen molar-refractivity contribution in [2.45, 2.75) is 20.0 Å². The lowest BCUT2D eigenvalue weighted by molar-refractivity contribution is 0.181. The van der Waals surface area contributed by atoms with E-state index in [4.69, 9.17) is 16.3 Å². The molecular weight excluding hydrogens is 403 g/mol. The van der Waals surface area contributed by atoms with Crippen molar-refractivity contribution < 1.29 is 4.74 Å². The highest BCUT2D eigenvalue weighted by Gasteiger charge is 2.15. The zero-order valence-electron chi connectivity index (χ0n) is 11.9. The average molecular weight is 419 g/mol. The normalized spacial score (nSPS) is 10.7. The van der Waals surface area contributed by atoms with Crippen LogP contribution in [0.15, 0.2) is 18.3 Å². The van der Waals surface area contributed by atoms with Gasteiger partial charge in [0.05, 0.1) is 20.9 Å². The van der Waals surface area contributed by atoms with E-state index in [0.29, 0.717) is 23.1 Å². The summed E-state index contributed by atoms with van der Waals surface area (Å²) < 4.78 is 6.17. The third-order valence-corrected chi connectivity index (χ3v) is 4.15. The molecule has 0 bridgehead atoms. The molecular formula is C14H16ClIN4O. The van der Waals surface area contributed by atoms with Crippen LogP contribution in [-0.4, -0.2) is 28.6 Å². The van der Waals surface area contributed by atoms with Crippen molar-refractivity contribution >= 4 is 40.0 Å². The summed E-state index contributed by atoms with van der Waals surface area (Å²) in [4.78, 5) is 13.4. The first-order valence-corrected chi connectivity index (χ1v) is 8.03. The van der Waals surface area contributed by atoms with Crippen LogP contribution in [0.1, 0.15) is 19.0 Å². The monoisotopic (exact) mass is 418 g/mol. The number of anilines is 1. The molecule has 0 saturated heterocycles. The average Bonchev–Trinajstić information content (AvgIpc) is 2.49. The predicted molar refractivity (Wildman–Crippen MR) is 92.5 cm³/mol. The van der Waals surface area contributed by atoms with E-state index >= 15 is 0 Å². The third kappa shape index (κ3) is 4.02. The zero-order chi connectivity index (χ0) is 15.2. The second kappa shape index (κ2) is 7.86. The van der Waals surface area contributed by atoms with E-state index < -0.39 is 0 Å². The molecule has 0 spiro atoms. The van der Waals surface area contributed by atoms with Gasteiger partial charge >= 0.3 is 0 Å². The molecule has 0 atom stereocenters. The lowest BCUT2D eigenvalue weighted by Crippen LogP contribution is -2.10. The summed E-state index contributed by atoms with van der Waals surface area (Å²) in [5.74, 6) is 1.29. The smallest absolute Gasteiger partial charge is 0.182 e. The molecule has 1 N–H and O–H groups in total. The fourth-order valence-corrected chi connectivity index (χ4v) is 2.54. The summed E-state index contributed by atoms with van der Waals surface area (Å²) in [6.45, 7) is 3.36. The third-order valence-electron chi connectivity index (χ3n) is 2.71. The van der Waals surface area contributed by atoms with Gasteiger partial charge in [0.25, 0.3) is 0 Å². The highest BCUT2D eigenvalue weighted by atomic mass is 127. The van der Waals surface area contributed by atoms with Crippen LogP contribution >= 0.6 is 34.2 Å². The number of rotatable bonds is 6. The molecule has 0 radical (unpaired) electrons. The van der Waals surface area contributed by atoms with Crippen LogP contribution in [0.2, 0.25) is 5.02 Å². The summed E-state index contributed by atoms with van der Waals surface area (Å²) in [5.41, 5.74) is 1.40. The number of aromatic nitrogens is 3. The van der Waals surface area contributed by atoms with Gasteiger partial charge in [0.2, 0.25) is 0 Å². The second-order valence-electron chi connectivity index (χ2n) is 4.35. The van der Waals surface area contributed by atoms with Gasteiger partial charge in [-0.1, -0.05) is 18.5 Å². The Labute approximate surface area is 142 Å². The molecule has 7 heteroatoms. The van der Waals surface area contributed by atoms with Crippen molar-refractivity contribution in [1.29, 1.82) is 0 Å². The SMILES string of the molecule is CCCNc1nc(-c2ncccc2Cl)nc(COC)c1I. The van der Waals surface area contributed by atoms with Crippen molar-refractivity contribution in [1.82, 2.24) is 15.0 Å². The highest BCUT2D eigenvalue weighted by molar-refractivity contribution is 14.1. The van der Waals surface area contributed by atoms with Gasteiger partial charge in [0.1, 0.15) is 11.5 Å². The number of ether oxygens (including phenoxy) is 1. The van der Waals surface area contributed by atoms with Crippen LogP contribution in [-0.2, 0) is 11.3 Å². The van der Waals surface area contributed by atoms with Gasteiger partial charge in [0.15, 0.2) is 5.82 Å². The van der Waals surface area contributed by atoms with Crippen molar-refractivity contribution in [2.75, 3.05) is 19.0 Å². The van der Waals surface area contributed by atoms with E-state index in [-0.39, 0.29) is 0 Å². The summed E-state index contributed by atoms with van der Waals surface area (Å²) in [6, 6.07) is 3.56. The second-order valence-corrected chi connectivity index (χ2v) is 5.84. The molecule has 2 rings (SSSR count). The van der Waals surface area contributed by atoms with E-state index in [0.717, 1.165) is 28.0 Å². The number of hydrogen-bond donors (Lipinski definition) is 1. The molecule has 2 heterocycles. The van der Waals surface area contributed by atoms with E-state index in [1.54, 1.807) is 25.4 Å². The van der Waals surface area contributed by atoms with E-state index in [9.17, 15) is 0 Å². The molecule has 0 aliphatic rings. The van der Waals surface area contributed by atoms with Crippen molar-refractivity contribution in [3.05, 3.63) is 32.6 Å². The molecule has 112 valence electrons. The number of hydrogen-bond acceptors (Lipinski definition) is 5. The van der Waals surface area contributed by atoms with Crippen LogP contribution in [0.5, 0.6) is 0 Å². The minimum atomic E-state index is 0.416. The Balaban J connectivity index is 2.50. The molecule has 0 saturated carbocycles. The topological polar surface area (TPSA) is 59.9 Å². The predicted octanol–water partition coefficient (Wildman–Crippen LogP) is 3.76. The van der Waals surface area contributed by atoms with Gasteiger partial charge < -0.3 is 10.1 Å². The molecule has 2 aromatic rings. The Morgan fingerprint density at radius 2 is 2.19 bits per heavy atom. The Hall–Kier alpha value is -0.990. The summed E-state index contributed by atoms with van der Waals surface area (Å²) in [6.07, 6.45) is 2.69. The Kier molecular flexibility index (Phi) is 6.13. The molecule has 0 amide bonds. The highest BCUT2D eigenvalue weighted by Crippen LogP contribution is 2.27. The van der Waals surface area contributed by atoms with Gasteiger partial charge in [-0.2, -0.15) is 0 Å². The van der Waals surface area contributed by atoms with E-state index in [2.05, 4.69) is 49.8 Å². The molecule has 21 heavy (non-hydrogen) atoms. The number of pyridine rings is 1. The molecule has 0 aromatic carbocycles. The first kappa shape index (κ1) is 16.4. The Bertz CT molecular complexity index is 624. The fourth-order valence-electron chi connectivity index (χ4n) is 1.74. The minimum absolute atomic E-state index is 0.416. The van der Waals surface area contributed by atoms with Gasteiger partial charge in [-0.3, -0.25) is 4.98 Å². The molecule has 0 fully saturated rings. The lowest BCUT2D eigenvalue weighted by Gasteiger charge is -2.12. The quantitative estimate of drug-likeness (QED) is 0.724. The van der Waals surface area contributed by atoms with Crippen LogP contribution in [0.4, 0.5) is 5.82 Å². The maximum Gasteiger partial charge on any atom is 0.182 e. The van der Waals surface area contributed by atoms with E-state index in [1.165, 1.54) is 0 Å². The van der Waals surface area contributed by atoms with Gasteiger partial charge in [-0.15, -0.1) is 0 Å². The van der Waals surface area contributed by atoms with Crippen LogP contribution < -0.4 is 5.32 Å². The Morgan fingerprint density at radius 3 is 2.86 bits per heavy atom. The number of methoxy groups -OCH3 is 1. The standard InChI is InChI=1S/C14H16ClIN4O/c1-3-6-18-13-11(16)10(8-21-2)19-14(20-13)12-9(15)5-4-7-17-12/h4-5,7H,3,6,8H2,1-2H3,(H,18,19,20). The van der Waals surface area contributed by atoms with Crippen LogP contribution in [0.3, 0.4) is 0 Å². The summed E-state index contributed by atoms with van der Waals surface area (Å²) in [7, 11) is 1.64.